The Labute approximate surface area is 107 Å². The molecule has 0 amide bonds. The Morgan fingerprint density at radius 3 is 2.76 bits per heavy atom. The summed E-state index contributed by atoms with van der Waals surface area (Å²) in [5, 5.41) is 15.9. The first-order chi connectivity index (χ1) is 8.09. The fourth-order valence-corrected chi connectivity index (χ4v) is 2.02. The minimum Gasteiger partial charge on any atom is -0.389 e. The molecule has 0 saturated heterocycles. The summed E-state index contributed by atoms with van der Waals surface area (Å²) in [6.45, 7) is 7.83. The van der Waals surface area contributed by atoms with Crippen molar-refractivity contribution >= 4 is 11.3 Å². The molecule has 0 aromatic carbocycles. The number of nitrogens with one attached hydrogen (secondary N) is 1. The lowest BCUT2D eigenvalue weighted by Gasteiger charge is -2.16. The molecular formula is C12H22N2O2S. The second-order valence-electron chi connectivity index (χ2n) is 4.59. The molecule has 0 radical (unpaired) electrons. The van der Waals surface area contributed by atoms with Crippen LogP contribution in [-0.2, 0) is 4.74 Å². The highest BCUT2D eigenvalue weighted by molar-refractivity contribution is 7.09. The van der Waals surface area contributed by atoms with Crippen LogP contribution in [0.5, 0.6) is 0 Å². The van der Waals surface area contributed by atoms with Gasteiger partial charge in [-0.2, -0.15) is 0 Å². The average molecular weight is 258 g/mol. The fraction of sp³-hybridized carbons (Fsp3) is 0.750. The van der Waals surface area contributed by atoms with Gasteiger partial charge in [0.2, 0.25) is 0 Å². The number of aliphatic hydroxyl groups is 1. The number of ether oxygens (including phenoxy) is 1. The summed E-state index contributed by atoms with van der Waals surface area (Å²) in [6, 6.07) is 0.176. The topological polar surface area (TPSA) is 54.4 Å². The maximum Gasteiger partial charge on any atom is 0.109 e. The summed E-state index contributed by atoms with van der Waals surface area (Å²) >= 11 is 1.62. The Hall–Kier alpha value is -0.490. The first kappa shape index (κ1) is 14.6. The largest absolute Gasteiger partial charge is 0.389 e. The van der Waals surface area contributed by atoms with E-state index in [0.29, 0.717) is 25.7 Å². The minimum absolute atomic E-state index is 0.176. The summed E-state index contributed by atoms with van der Waals surface area (Å²) in [5.74, 6) is 0.504. The van der Waals surface area contributed by atoms with Gasteiger partial charge in [0, 0.05) is 24.7 Å². The predicted octanol–water partition coefficient (Wildman–Crippen LogP) is 1.83. The van der Waals surface area contributed by atoms with Crippen LogP contribution >= 0.6 is 11.3 Å². The van der Waals surface area contributed by atoms with Gasteiger partial charge < -0.3 is 15.2 Å². The molecule has 0 spiro atoms. The van der Waals surface area contributed by atoms with Crippen molar-refractivity contribution in [1.82, 2.24) is 10.3 Å². The molecule has 1 heterocycles. The SMILES string of the molecule is CC(C)COCC(O)CNC(C)c1nccs1. The number of aromatic nitrogens is 1. The zero-order valence-electron chi connectivity index (χ0n) is 10.7. The number of rotatable bonds is 8. The van der Waals surface area contributed by atoms with Gasteiger partial charge in [-0.05, 0) is 12.8 Å². The smallest absolute Gasteiger partial charge is 0.109 e. The normalized spacial score (nSPS) is 15.1. The highest BCUT2D eigenvalue weighted by Crippen LogP contribution is 2.14. The lowest BCUT2D eigenvalue weighted by molar-refractivity contribution is 0.0252. The lowest BCUT2D eigenvalue weighted by atomic mass is 10.2. The molecule has 1 rings (SSSR count). The van der Waals surface area contributed by atoms with Crippen molar-refractivity contribution in [3.05, 3.63) is 16.6 Å². The van der Waals surface area contributed by atoms with E-state index in [1.165, 1.54) is 0 Å². The quantitative estimate of drug-likeness (QED) is 0.747. The van der Waals surface area contributed by atoms with Crippen LogP contribution in [-0.4, -0.2) is 36.0 Å². The molecule has 1 aromatic heterocycles. The molecular weight excluding hydrogens is 236 g/mol. The van der Waals surface area contributed by atoms with Crippen molar-refractivity contribution in [2.24, 2.45) is 5.92 Å². The summed E-state index contributed by atoms with van der Waals surface area (Å²) < 4.78 is 5.38. The minimum atomic E-state index is -0.462. The molecule has 17 heavy (non-hydrogen) atoms. The zero-order valence-corrected chi connectivity index (χ0v) is 11.5. The average Bonchev–Trinajstić information content (AvgIpc) is 2.78. The number of nitrogens with zero attached hydrogens (tertiary/aromatic N) is 1. The van der Waals surface area contributed by atoms with Crippen LogP contribution in [0.3, 0.4) is 0 Å². The van der Waals surface area contributed by atoms with Crippen LogP contribution in [0, 0.1) is 5.92 Å². The van der Waals surface area contributed by atoms with Gasteiger partial charge in [-0.25, -0.2) is 4.98 Å². The molecule has 1 aromatic rings. The summed E-state index contributed by atoms with van der Waals surface area (Å²) in [4.78, 5) is 4.22. The van der Waals surface area contributed by atoms with Gasteiger partial charge in [-0.1, -0.05) is 13.8 Å². The monoisotopic (exact) mass is 258 g/mol. The van der Waals surface area contributed by atoms with Gasteiger partial charge in [0.15, 0.2) is 0 Å². The van der Waals surface area contributed by atoms with Crippen LogP contribution in [0.25, 0.3) is 0 Å². The Morgan fingerprint density at radius 2 is 2.18 bits per heavy atom. The molecule has 98 valence electrons. The van der Waals surface area contributed by atoms with Crippen LogP contribution in [0.1, 0.15) is 31.8 Å². The third-order valence-corrected chi connectivity index (χ3v) is 3.20. The van der Waals surface area contributed by atoms with Gasteiger partial charge in [0.25, 0.3) is 0 Å². The molecule has 2 atom stereocenters. The molecule has 5 heteroatoms. The third kappa shape index (κ3) is 6.12. The van der Waals surface area contributed by atoms with Crippen LogP contribution in [0.2, 0.25) is 0 Å². The number of hydrogen-bond donors (Lipinski definition) is 2. The molecule has 0 saturated carbocycles. The number of thiazole rings is 1. The highest BCUT2D eigenvalue weighted by atomic mass is 32.1. The molecule has 2 unspecified atom stereocenters. The Morgan fingerprint density at radius 1 is 1.41 bits per heavy atom. The van der Waals surface area contributed by atoms with Crippen LogP contribution < -0.4 is 5.32 Å². The van der Waals surface area contributed by atoms with Crippen molar-refractivity contribution in [1.29, 1.82) is 0 Å². The summed E-state index contributed by atoms with van der Waals surface area (Å²) in [7, 11) is 0. The van der Waals surface area contributed by atoms with Crippen LogP contribution in [0.4, 0.5) is 0 Å². The first-order valence-electron chi connectivity index (χ1n) is 5.98. The molecule has 0 fully saturated rings. The Bertz CT molecular complexity index is 291. The summed E-state index contributed by atoms with van der Waals surface area (Å²) in [6.07, 6.45) is 1.33. The molecule has 0 aliphatic rings. The predicted molar refractivity (Wildman–Crippen MR) is 70.2 cm³/mol. The first-order valence-corrected chi connectivity index (χ1v) is 6.86. The van der Waals surface area contributed by atoms with Gasteiger partial charge in [0.05, 0.1) is 18.8 Å². The van der Waals surface area contributed by atoms with Crippen LogP contribution in [0.15, 0.2) is 11.6 Å². The number of hydrogen-bond acceptors (Lipinski definition) is 5. The molecule has 4 nitrogen and oxygen atoms in total. The molecule has 0 bridgehead atoms. The van der Waals surface area contributed by atoms with Gasteiger partial charge in [0.1, 0.15) is 5.01 Å². The van der Waals surface area contributed by atoms with Crippen molar-refractivity contribution in [2.45, 2.75) is 32.9 Å². The molecule has 2 N–H and O–H groups in total. The Balaban J connectivity index is 2.13. The fourth-order valence-electron chi connectivity index (χ4n) is 1.35. The molecule has 0 aliphatic carbocycles. The standard InChI is InChI=1S/C12H22N2O2S/c1-9(2)7-16-8-11(15)6-14-10(3)12-13-4-5-17-12/h4-5,9-11,14-15H,6-8H2,1-3H3. The van der Waals surface area contributed by atoms with E-state index in [-0.39, 0.29) is 6.04 Å². The van der Waals surface area contributed by atoms with Crippen molar-refractivity contribution in [2.75, 3.05) is 19.8 Å². The third-order valence-electron chi connectivity index (χ3n) is 2.24. The second-order valence-corrected chi connectivity index (χ2v) is 5.51. The second kappa shape index (κ2) is 7.76. The summed E-state index contributed by atoms with van der Waals surface area (Å²) in [5.41, 5.74) is 0. The van der Waals surface area contributed by atoms with E-state index in [4.69, 9.17) is 4.74 Å². The van der Waals surface area contributed by atoms with E-state index in [9.17, 15) is 5.11 Å². The van der Waals surface area contributed by atoms with Crippen molar-refractivity contribution < 1.29 is 9.84 Å². The van der Waals surface area contributed by atoms with E-state index < -0.39 is 6.10 Å². The maximum atomic E-state index is 9.70. The Kier molecular flexibility index (Phi) is 6.65. The van der Waals surface area contributed by atoms with Crippen molar-refractivity contribution in [3.63, 3.8) is 0 Å². The van der Waals surface area contributed by atoms with E-state index in [1.807, 2.05) is 12.3 Å². The van der Waals surface area contributed by atoms with Gasteiger partial charge >= 0.3 is 0 Å². The lowest BCUT2D eigenvalue weighted by Crippen LogP contribution is -2.32. The number of aliphatic hydroxyl groups excluding tert-OH is 1. The van der Waals surface area contributed by atoms with E-state index >= 15 is 0 Å². The van der Waals surface area contributed by atoms with E-state index in [2.05, 4.69) is 24.1 Å². The highest BCUT2D eigenvalue weighted by Gasteiger charge is 2.10. The van der Waals surface area contributed by atoms with Gasteiger partial charge in [-0.3, -0.25) is 0 Å². The zero-order chi connectivity index (χ0) is 12.7. The van der Waals surface area contributed by atoms with E-state index in [0.717, 1.165) is 5.01 Å². The van der Waals surface area contributed by atoms with E-state index in [1.54, 1.807) is 17.5 Å². The van der Waals surface area contributed by atoms with Gasteiger partial charge in [-0.15, -0.1) is 11.3 Å². The van der Waals surface area contributed by atoms with Crippen molar-refractivity contribution in [3.8, 4) is 0 Å². The maximum absolute atomic E-state index is 9.70. The molecule has 0 aliphatic heterocycles.